The van der Waals surface area contributed by atoms with Crippen molar-refractivity contribution in [2.45, 2.75) is 26.8 Å². The second-order valence-electron chi connectivity index (χ2n) is 8.15. The highest BCUT2D eigenvalue weighted by molar-refractivity contribution is 5.91. The zero-order valence-electron chi connectivity index (χ0n) is 18.6. The molecule has 1 fully saturated rings. The maximum absolute atomic E-state index is 12.6. The second-order valence-corrected chi connectivity index (χ2v) is 8.15. The average molecular weight is 436 g/mol. The number of hydrogen-bond donors (Lipinski definition) is 2. The lowest BCUT2D eigenvalue weighted by molar-refractivity contribution is -0.116. The Bertz CT molecular complexity index is 1240. The summed E-state index contributed by atoms with van der Waals surface area (Å²) >= 11 is 0. The highest BCUT2D eigenvalue weighted by atomic mass is 16.2. The fourth-order valence-corrected chi connectivity index (χ4v) is 4.20. The number of carbonyl (C=O) groups excluding carboxylic acids is 1. The molecule has 8 heteroatoms. The molecule has 0 spiro atoms. The summed E-state index contributed by atoms with van der Waals surface area (Å²) in [6.45, 7) is 9.57. The molecule has 0 bridgehead atoms. The van der Waals surface area contributed by atoms with Crippen molar-refractivity contribution in [1.82, 2.24) is 14.5 Å². The van der Waals surface area contributed by atoms with Crippen LogP contribution in [0.1, 0.15) is 18.9 Å². The Morgan fingerprint density at radius 1 is 1.06 bits per heavy atom. The molecule has 4 rings (SSSR count). The zero-order chi connectivity index (χ0) is 22.7. The maximum Gasteiger partial charge on any atom is 0.328 e. The van der Waals surface area contributed by atoms with Gasteiger partial charge in [-0.1, -0.05) is 19.1 Å². The van der Waals surface area contributed by atoms with Crippen LogP contribution in [-0.2, 0) is 11.3 Å². The number of para-hydroxylation sites is 1. The molecule has 0 radical (unpaired) electrons. The number of carbonyl (C=O) groups is 1. The minimum Gasteiger partial charge on any atom is -0.369 e. The van der Waals surface area contributed by atoms with E-state index < -0.39 is 11.2 Å². The van der Waals surface area contributed by atoms with Crippen LogP contribution in [0.4, 0.5) is 11.4 Å². The number of aromatic nitrogens is 2. The molecular formula is C24H29N5O3. The number of anilines is 2. The molecule has 1 amide bonds. The molecule has 1 aromatic heterocycles. The first-order valence-electron chi connectivity index (χ1n) is 11.1. The number of benzene rings is 2. The van der Waals surface area contributed by atoms with Crippen molar-refractivity contribution in [2.75, 3.05) is 42.9 Å². The summed E-state index contributed by atoms with van der Waals surface area (Å²) in [6.07, 6.45) is 0.121. The van der Waals surface area contributed by atoms with Crippen LogP contribution < -0.4 is 21.5 Å². The molecule has 2 N–H and O–H groups in total. The number of piperazine rings is 1. The first-order chi connectivity index (χ1) is 15.5. The fourth-order valence-electron chi connectivity index (χ4n) is 4.20. The van der Waals surface area contributed by atoms with Crippen LogP contribution in [0.25, 0.3) is 10.9 Å². The van der Waals surface area contributed by atoms with E-state index in [-0.39, 0.29) is 18.9 Å². The van der Waals surface area contributed by atoms with Gasteiger partial charge in [-0.05, 0) is 49.4 Å². The molecular weight excluding hydrogens is 406 g/mol. The Morgan fingerprint density at radius 3 is 2.53 bits per heavy atom. The molecule has 1 aliphatic rings. The van der Waals surface area contributed by atoms with Crippen LogP contribution in [0, 0.1) is 6.92 Å². The van der Waals surface area contributed by atoms with Gasteiger partial charge in [-0.25, -0.2) is 4.79 Å². The monoisotopic (exact) mass is 435 g/mol. The molecule has 0 saturated carbocycles. The van der Waals surface area contributed by atoms with Gasteiger partial charge in [0.1, 0.15) is 0 Å². The zero-order valence-corrected chi connectivity index (χ0v) is 18.6. The third-order valence-electron chi connectivity index (χ3n) is 6.14. The van der Waals surface area contributed by atoms with E-state index in [2.05, 4.69) is 33.1 Å². The highest BCUT2D eigenvalue weighted by Crippen LogP contribution is 2.24. The van der Waals surface area contributed by atoms with E-state index in [4.69, 9.17) is 0 Å². The van der Waals surface area contributed by atoms with Gasteiger partial charge in [-0.3, -0.25) is 19.1 Å². The molecule has 0 atom stereocenters. The molecule has 3 aromatic rings. The van der Waals surface area contributed by atoms with E-state index in [1.165, 1.54) is 10.3 Å². The first-order valence-corrected chi connectivity index (χ1v) is 11.1. The minimum absolute atomic E-state index is 0.121. The number of aryl methyl sites for hydroxylation is 2. The summed E-state index contributed by atoms with van der Waals surface area (Å²) in [5.41, 5.74) is 2.54. The maximum atomic E-state index is 12.6. The number of H-pyrrole nitrogens is 1. The van der Waals surface area contributed by atoms with Crippen molar-refractivity contribution >= 4 is 28.2 Å². The first kappa shape index (κ1) is 21.8. The lowest BCUT2D eigenvalue weighted by atomic mass is 10.1. The number of nitrogens with zero attached hydrogens (tertiary/aromatic N) is 3. The fraction of sp³-hybridized carbons (Fsp3) is 0.375. The number of likely N-dealkylation sites (N-methyl/N-ethyl adjacent to an activating group) is 1. The summed E-state index contributed by atoms with van der Waals surface area (Å²) in [6, 6.07) is 13.0. The molecule has 2 heterocycles. The van der Waals surface area contributed by atoms with Crippen molar-refractivity contribution in [2.24, 2.45) is 0 Å². The normalized spacial score (nSPS) is 14.6. The molecule has 2 aromatic carbocycles. The molecule has 32 heavy (non-hydrogen) atoms. The lowest BCUT2D eigenvalue weighted by Gasteiger charge is -2.35. The Morgan fingerprint density at radius 2 is 1.81 bits per heavy atom. The molecule has 0 aliphatic carbocycles. The van der Waals surface area contributed by atoms with Gasteiger partial charge in [0.2, 0.25) is 5.91 Å². The van der Waals surface area contributed by atoms with E-state index in [9.17, 15) is 14.4 Å². The van der Waals surface area contributed by atoms with Crippen LogP contribution >= 0.6 is 0 Å². The SMILES string of the molecule is CCN1CCN(c2ccc(NC(=O)CCn3c(=O)[nH]c(=O)c4ccccc43)c(C)c2)CC1. The smallest absolute Gasteiger partial charge is 0.328 e. The molecule has 1 saturated heterocycles. The van der Waals surface area contributed by atoms with Crippen molar-refractivity contribution < 1.29 is 4.79 Å². The summed E-state index contributed by atoms with van der Waals surface area (Å²) in [7, 11) is 0. The van der Waals surface area contributed by atoms with Crippen LogP contribution in [-0.4, -0.2) is 53.1 Å². The highest BCUT2D eigenvalue weighted by Gasteiger charge is 2.17. The van der Waals surface area contributed by atoms with E-state index in [1.807, 2.05) is 19.1 Å². The van der Waals surface area contributed by atoms with E-state index in [0.717, 1.165) is 44.0 Å². The van der Waals surface area contributed by atoms with Crippen molar-refractivity contribution in [3.63, 3.8) is 0 Å². The van der Waals surface area contributed by atoms with Gasteiger partial charge in [0.25, 0.3) is 5.56 Å². The van der Waals surface area contributed by atoms with Crippen LogP contribution in [0.3, 0.4) is 0 Å². The van der Waals surface area contributed by atoms with Gasteiger partial charge in [-0.2, -0.15) is 0 Å². The average Bonchev–Trinajstić information content (AvgIpc) is 2.80. The Kier molecular flexibility index (Phi) is 6.41. The van der Waals surface area contributed by atoms with Crippen molar-refractivity contribution in [1.29, 1.82) is 0 Å². The van der Waals surface area contributed by atoms with E-state index in [1.54, 1.807) is 24.3 Å². The van der Waals surface area contributed by atoms with E-state index >= 15 is 0 Å². The van der Waals surface area contributed by atoms with Crippen molar-refractivity contribution in [3.05, 3.63) is 68.9 Å². The third kappa shape index (κ3) is 4.60. The summed E-state index contributed by atoms with van der Waals surface area (Å²) in [5.74, 6) is -0.181. The van der Waals surface area contributed by atoms with Gasteiger partial charge < -0.3 is 15.1 Å². The Hall–Kier alpha value is -3.39. The lowest BCUT2D eigenvalue weighted by Crippen LogP contribution is -2.46. The number of rotatable bonds is 6. The number of aromatic amines is 1. The molecule has 0 unspecified atom stereocenters. The number of fused-ring (bicyclic) bond motifs is 1. The van der Waals surface area contributed by atoms with Crippen LogP contribution in [0.2, 0.25) is 0 Å². The predicted octanol–water partition coefficient (Wildman–Crippen LogP) is 2.17. The summed E-state index contributed by atoms with van der Waals surface area (Å²) < 4.78 is 1.43. The largest absolute Gasteiger partial charge is 0.369 e. The minimum atomic E-state index is -0.509. The number of amides is 1. The van der Waals surface area contributed by atoms with Gasteiger partial charge in [-0.15, -0.1) is 0 Å². The van der Waals surface area contributed by atoms with Crippen molar-refractivity contribution in [3.8, 4) is 0 Å². The van der Waals surface area contributed by atoms with Crippen LogP contribution in [0.5, 0.6) is 0 Å². The van der Waals surface area contributed by atoms with Gasteiger partial charge in [0.15, 0.2) is 0 Å². The Labute approximate surface area is 186 Å². The summed E-state index contributed by atoms with van der Waals surface area (Å²) in [5, 5.41) is 3.38. The standard InChI is InChI=1S/C24H29N5O3/c1-3-27-12-14-28(15-13-27)18-8-9-20(17(2)16-18)25-22(30)10-11-29-21-7-5-4-6-19(21)23(31)26-24(29)32/h4-9,16H,3,10-15H2,1-2H3,(H,25,30)(H,26,31,32). The number of hydrogen-bond acceptors (Lipinski definition) is 5. The third-order valence-corrected chi connectivity index (χ3v) is 6.14. The van der Waals surface area contributed by atoms with Gasteiger partial charge >= 0.3 is 5.69 Å². The second kappa shape index (κ2) is 9.40. The van der Waals surface area contributed by atoms with Gasteiger partial charge in [0.05, 0.1) is 10.9 Å². The molecule has 168 valence electrons. The molecule has 8 nitrogen and oxygen atoms in total. The quantitative estimate of drug-likeness (QED) is 0.619. The predicted molar refractivity (Wildman–Crippen MR) is 128 cm³/mol. The topological polar surface area (TPSA) is 90.4 Å². The summed E-state index contributed by atoms with van der Waals surface area (Å²) in [4.78, 5) is 44.0. The van der Waals surface area contributed by atoms with Crippen LogP contribution in [0.15, 0.2) is 52.1 Å². The van der Waals surface area contributed by atoms with E-state index in [0.29, 0.717) is 10.9 Å². The molecule has 1 aliphatic heterocycles. The Balaban J connectivity index is 1.41. The van der Waals surface area contributed by atoms with Gasteiger partial charge in [0, 0.05) is 50.5 Å². The number of nitrogens with one attached hydrogen (secondary N) is 2.